The van der Waals surface area contributed by atoms with Gasteiger partial charge in [0.15, 0.2) is 5.82 Å². The molecule has 0 aromatic carbocycles. The fourth-order valence-corrected chi connectivity index (χ4v) is 3.17. The minimum atomic E-state index is -0.292. The number of rotatable bonds is 6. The van der Waals surface area contributed by atoms with Gasteiger partial charge < -0.3 is 14.7 Å². The van der Waals surface area contributed by atoms with Crippen LogP contribution in [0.2, 0.25) is 0 Å². The zero-order valence-corrected chi connectivity index (χ0v) is 15.8. The standard InChI is InChI=1S/C18H28N6O2/c1-13(2)16-21-17(26-22-16)14(3)20-18(25)23-10-5-15(6-11-23)7-12-24-9-4-8-19-24/h4,8-9,13-15H,5-7,10-12H2,1-3H3,(H,20,25). The summed E-state index contributed by atoms with van der Waals surface area (Å²) in [6, 6.07) is 1.59. The van der Waals surface area contributed by atoms with E-state index in [1.165, 1.54) is 0 Å². The van der Waals surface area contributed by atoms with Crippen LogP contribution in [0.5, 0.6) is 0 Å². The number of likely N-dealkylation sites (tertiary alicyclic amines) is 1. The lowest BCUT2D eigenvalue weighted by Gasteiger charge is -2.32. The average Bonchev–Trinajstić information content (AvgIpc) is 3.32. The van der Waals surface area contributed by atoms with E-state index in [2.05, 4.69) is 20.6 Å². The summed E-state index contributed by atoms with van der Waals surface area (Å²) < 4.78 is 7.23. The molecule has 8 heteroatoms. The van der Waals surface area contributed by atoms with Gasteiger partial charge in [0, 0.05) is 37.9 Å². The monoisotopic (exact) mass is 360 g/mol. The first kappa shape index (κ1) is 18.4. The highest BCUT2D eigenvalue weighted by Gasteiger charge is 2.25. The molecule has 1 aliphatic rings. The van der Waals surface area contributed by atoms with Crippen LogP contribution >= 0.6 is 0 Å². The van der Waals surface area contributed by atoms with Gasteiger partial charge in [0.25, 0.3) is 0 Å². The van der Waals surface area contributed by atoms with Crippen LogP contribution < -0.4 is 5.32 Å². The molecule has 8 nitrogen and oxygen atoms in total. The van der Waals surface area contributed by atoms with E-state index in [0.717, 1.165) is 38.9 Å². The number of carbonyl (C=O) groups excluding carboxylic acids is 1. The molecular weight excluding hydrogens is 332 g/mol. The maximum absolute atomic E-state index is 12.5. The smallest absolute Gasteiger partial charge is 0.318 e. The van der Waals surface area contributed by atoms with E-state index in [4.69, 9.17) is 4.52 Å². The first-order valence-electron chi connectivity index (χ1n) is 9.39. The van der Waals surface area contributed by atoms with Crippen molar-refractivity contribution in [1.82, 2.24) is 30.1 Å². The van der Waals surface area contributed by atoms with Gasteiger partial charge in [-0.1, -0.05) is 19.0 Å². The van der Waals surface area contributed by atoms with Crippen molar-refractivity contribution in [3.63, 3.8) is 0 Å². The highest BCUT2D eigenvalue weighted by atomic mass is 16.5. The average molecular weight is 360 g/mol. The lowest BCUT2D eigenvalue weighted by Crippen LogP contribution is -2.45. The molecule has 26 heavy (non-hydrogen) atoms. The van der Waals surface area contributed by atoms with Crippen LogP contribution in [-0.4, -0.2) is 43.9 Å². The fraction of sp³-hybridized carbons (Fsp3) is 0.667. The van der Waals surface area contributed by atoms with Crippen LogP contribution in [-0.2, 0) is 6.54 Å². The van der Waals surface area contributed by atoms with Crippen molar-refractivity contribution >= 4 is 6.03 Å². The third-order valence-electron chi connectivity index (χ3n) is 4.91. The molecule has 3 heterocycles. The molecule has 0 spiro atoms. The summed E-state index contributed by atoms with van der Waals surface area (Å²) >= 11 is 0. The molecule has 0 saturated carbocycles. The molecule has 0 radical (unpaired) electrons. The van der Waals surface area contributed by atoms with Gasteiger partial charge in [-0.3, -0.25) is 4.68 Å². The molecule has 1 aliphatic heterocycles. The highest BCUT2D eigenvalue weighted by molar-refractivity contribution is 5.74. The first-order valence-corrected chi connectivity index (χ1v) is 9.39. The summed E-state index contributed by atoms with van der Waals surface area (Å²) in [6.07, 6.45) is 6.96. The number of piperidine rings is 1. The second-order valence-corrected chi connectivity index (χ2v) is 7.30. The van der Waals surface area contributed by atoms with Gasteiger partial charge in [0.2, 0.25) is 5.89 Å². The molecule has 1 unspecified atom stereocenters. The zero-order chi connectivity index (χ0) is 18.5. The van der Waals surface area contributed by atoms with E-state index in [0.29, 0.717) is 17.6 Å². The van der Waals surface area contributed by atoms with E-state index in [-0.39, 0.29) is 18.0 Å². The molecule has 1 fully saturated rings. The Morgan fingerprint density at radius 3 is 2.73 bits per heavy atom. The molecule has 0 aliphatic carbocycles. The van der Waals surface area contributed by atoms with Crippen LogP contribution in [0.25, 0.3) is 0 Å². The van der Waals surface area contributed by atoms with Crippen molar-refractivity contribution in [1.29, 1.82) is 0 Å². The quantitative estimate of drug-likeness (QED) is 0.855. The summed E-state index contributed by atoms with van der Waals surface area (Å²) in [5.74, 6) is 1.97. The van der Waals surface area contributed by atoms with Crippen molar-refractivity contribution in [2.24, 2.45) is 5.92 Å². The number of aromatic nitrogens is 4. The molecule has 1 saturated heterocycles. The number of nitrogens with zero attached hydrogens (tertiary/aromatic N) is 5. The number of hydrogen-bond acceptors (Lipinski definition) is 5. The minimum absolute atomic E-state index is 0.0627. The van der Waals surface area contributed by atoms with Crippen LogP contribution in [0.15, 0.2) is 23.0 Å². The summed E-state index contributed by atoms with van der Waals surface area (Å²) in [6.45, 7) is 8.39. The van der Waals surface area contributed by atoms with E-state index in [1.54, 1.807) is 0 Å². The van der Waals surface area contributed by atoms with E-state index < -0.39 is 0 Å². The number of urea groups is 1. The Balaban J connectivity index is 1.42. The Hall–Kier alpha value is -2.38. The number of amides is 2. The molecule has 1 N–H and O–H groups in total. The minimum Gasteiger partial charge on any atom is -0.337 e. The van der Waals surface area contributed by atoms with E-state index >= 15 is 0 Å². The molecule has 142 valence electrons. The van der Waals surface area contributed by atoms with Gasteiger partial charge in [0.1, 0.15) is 6.04 Å². The number of nitrogens with one attached hydrogen (secondary N) is 1. The second kappa shape index (κ2) is 8.33. The predicted molar refractivity (Wildman–Crippen MR) is 96.5 cm³/mol. The van der Waals surface area contributed by atoms with Crippen LogP contribution in [0.4, 0.5) is 4.79 Å². The highest BCUT2D eigenvalue weighted by Crippen LogP contribution is 2.22. The van der Waals surface area contributed by atoms with Gasteiger partial charge in [0.05, 0.1) is 0 Å². The summed E-state index contributed by atoms with van der Waals surface area (Å²) in [5.41, 5.74) is 0. The number of aryl methyl sites for hydroxylation is 1. The van der Waals surface area contributed by atoms with Crippen LogP contribution in [0.1, 0.15) is 63.7 Å². The van der Waals surface area contributed by atoms with Gasteiger partial charge >= 0.3 is 6.03 Å². The maximum Gasteiger partial charge on any atom is 0.318 e. The predicted octanol–water partition coefficient (Wildman–Crippen LogP) is 2.96. The molecule has 2 amide bonds. The van der Waals surface area contributed by atoms with Crippen molar-refractivity contribution in [2.45, 2.75) is 58.5 Å². The van der Waals surface area contributed by atoms with Crippen molar-refractivity contribution in [2.75, 3.05) is 13.1 Å². The molecule has 2 aromatic heterocycles. The Labute approximate surface area is 153 Å². The maximum atomic E-state index is 12.5. The lowest BCUT2D eigenvalue weighted by atomic mass is 9.94. The van der Waals surface area contributed by atoms with Gasteiger partial charge in [-0.25, -0.2) is 4.79 Å². The van der Waals surface area contributed by atoms with Crippen molar-refractivity contribution in [3.05, 3.63) is 30.2 Å². The molecule has 3 rings (SSSR count). The van der Waals surface area contributed by atoms with Crippen LogP contribution in [0.3, 0.4) is 0 Å². The number of carbonyl (C=O) groups is 1. The lowest BCUT2D eigenvalue weighted by molar-refractivity contribution is 0.161. The molecule has 0 bridgehead atoms. The topological polar surface area (TPSA) is 89.1 Å². The molecule has 2 aromatic rings. The van der Waals surface area contributed by atoms with Gasteiger partial charge in [-0.05, 0) is 38.2 Å². The SMILES string of the molecule is CC(C)c1noc(C(C)NC(=O)N2CCC(CCn3cccn3)CC2)n1. The Kier molecular flexibility index (Phi) is 5.90. The Morgan fingerprint density at radius 1 is 1.35 bits per heavy atom. The van der Waals surface area contributed by atoms with Gasteiger partial charge in [-0.2, -0.15) is 10.1 Å². The Bertz CT molecular complexity index is 688. The fourth-order valence-electron chi connectivity index (χ4n) is 3.17. The largest absolute Gasteiger partial charge is 0.337 e. The van der Waals surface area contributed by atoms with Crippen molar-refractivity contribution < 1.29 is 9.32 Å². The zero-order valence-electron chi connectivity index (χ0n) is 15.8. The Morgan fingerprint density at radius 2 is 2.12 bits per heavy atom. The summed E-state index contributed by atoms with van der Waals surface area (Å²) in [4.78, 5) is 18.7. The van der Waals surface area contributed by atoms with Gasteiger partial charge in [-0.15, -0.1) is 0 Å². The normalized spacial score (nSPS) is 16.8. The van der Waals surface area contributed by atoms with Crippen molar-refractivity contribution in [3.8, 4) is 0 Å². The summed E-state index contributed by atoms with van der Waals surface area (Å²) in [5, 5.41) is 11.2. The van der Waals surface area contributed by atoms with Crippen LogP contribution in [0, 0.1) is 5.92 Å². The third-order valence-corrected chi connectivity index (χ3v) is 4.91. The third kappa shape index (κ3) is 4.62. The number of hydrogen-bond donors (Lipinski definition) is 1. The molecular formula is C18H28N6O2. The summed E-state index contributed by atoms with van der Waals surface area (Å²) in [7, 11) is 0. The van der Waals surface area contributed by atoms with E-state index in [1.807, 2.05) is 48.8 Å². The first-order chi connectivity index (χ1) is 12.5. The van der Waals surface area contributed by atoms with E-state index in [9.17, 15) is 4.79 Å². The second-order valence-electron chi connectivity index (χ2n) is 7.30. The molecule has 1 atom stereocenters.